The van der Waals surface area contributed by atoms with Crippen LogP contribution in [0.4, 0.5) is 0 Å². The van der Waals surface area contributed by atoms with E-state index in [-0.39, 0.29) is 0 Å². The Labute approximate surface area is 163 Å². The van der Waals surface area contributed by atoms with E-state index in [2.05, 4.69) is 0 Å². The zero-order valence-electron chi connectivity index (χ0n) is 17.2. The van der Waals surface area contributed by atoms with E-state index in [1.165, 1.54) is 6.92 Å². The third-order valence-electron chi connectivity index (χ3n) is 3.42. The second-order valence-corrected chi connectivity index (χ2v) is 7.33. The van der Waals surface area contributed by atoms with Gasteiger partial charge in [-0.05, 0) is 27.7 Å². The number of esters is 4. The third kappa shape index (κ3) is 7.81. The minimum absolute atomic E-state index is 0.489. The molecule has 1 aliphatic rings. The van der Waals surface area contributed by atoms with Crippen molar-refractivity contribution in [2.24, 2.45) is 0 Å². The van der Waals surface area contributed by atoms with Crippen LogP contribution in [0.2, 0.25) is 0 Å². The van der Waals surface area contributed by atoms with Crippen molar-refractivity contribution in [1.82, 2.24) is 0 Å². The molecule has 160 valence electrons. The van der Waals surface area contributed by atoms with Gasteiger partial charge in [0.15, 0.2) is 24.6 Å². The third-order valence-corrected chi connectivity index (χ3v) is 3.42. The zero-order valence-corrected chi connectivity index (χ0v) is 17.2. The largest absolute Gasteiger partial charge is 0.458 e. The predicted octanol–water partition coefficient (Wildman–Crippen LogP) is 0.885. The van der Waals surface area contributed by atoms with Crippen LogP contribution in [0.25, 0.3) is 0 Å². The Kier molecular flexibility index (Phi) is 8.37. The summed E-state index contributed by atoms with van der Waals surface area (Å²) < 4.78 is 31.8. The van der Waals surface area contributed by atoms with Gasteiger partial charge in [-0.15, -0.1) is 0 Å². The molecular formula is C18H28O10. The first kappa shape index (κ1) is 23.8. The molecule has 1 aliphatic heterocycles. The summed E-state index contributed by atoms with van der Waals surface area (Å²) in [6, 6.07) is 0. The van der Waals surface area contributed by atoms with Crippen LogP contribution >= 0.6 is 0 Å². The van der Waals surface area contributed by atoms with Crippen LogP contribution in [0.15, 0.2) is 0 Å². The molecule has 0 spiro atoms. The van der Waals surface area contributed by atoms with E-state index < -0.39 is 66.8 Å². The minimum atomic E-state index is -1.26. The van der Waals surface area contributed by atoms with Gasteiger partial charge in [-0.25, -0.2) is 4.79 Å². The fourth-order valence-corrected chi connectivity index (χ4v) is 2.63. The average Bonchev–Trinajstić information content (AvgIpc) is 2.49. The molecule has 0 saturated carbocycles. The first-order chi connectivity index (χ1) is 12.8. The number of hydrogen-bond donors (Lipinski definition) is 0. The molecule has 1 heterocycles. The topological polar surface area (TPSA) is 124 Å². The molecule has 1 saturated heterocycles. The molecule has 0 radical (unpaired) electrons. The maximum absolute atomic E-state index is 11.9. The molecule has 0 aromatic heterocycles. The molecule has 0 N–H and O–H groups in total. The number of carbonyl (C=O) groups is 4. The van der Waals surface area contributed by atoms with E-state index in [9.17, 15) is 19.2 Å². The lowest BCUT2D eigenvalue weighted by atomic mass is 9.99. The van der Waals surface area contributed by atoms with Crippen LogP contribution in [0.1, 0.15) is 48.5 Å². The van der Waals surface area contributed by atoms with Gasteiger partial charge in [0, 0.05) is 20.8 Å². The summed E-state index contributed by atoms with van der Waals surface area (Å²) in [4.78, 5) is 46.4. The van der Waals surface area contributed by atoms with E-state index in [4.69, 9.17) is 28.4 Å². The summed E-state index contributed by atoms with van der Waals surface area (Å²) in [5.74, 6) is -2.67. The highest BCUT2D eigenvalue weighted by atomic mass is 16.7. The molecule has 0 aromatic carbocycles. The lowest BCUT2D eigenvalue weighted by Crippen LogP contribution is -2.61. The van der Waals surface area contributed by atoms with E-state index in [0.717, 1.165) is 13.8 Å². The van der Waals surface area contributed by atoms with Crippen molar-refractivity contribution in [2.45, 2.75) is 84.8 Å². The Bertz CT molecular complexity index is 594. The van der Waals surface area contributed by atoms with Crippen LogP contribution in [0.3, 0.4) is 0 Å². The smallest absolute Gasteiger partial charge is 0.332 e. The SMILES string of the molecule is CC(=O)O[C@H]1[C@H](OC(C)=O)[C@H](OCC(=O)OC(C)(C)C)O[C@@H](C)[C@H]1OC(C)=O. The average molecular weight is 404 g/mol. The molecule has 0 amide bonds. The lowest BCUT2D eigenvalue weighted by molar-refractivity contribution is -0.300. The van der Waals surface area contributed by atoms with Crippen LogP contribution in [0, 0.1) is 0 Å². The van der Waals surface area contributed by atoms with Gasteiger partial charge in [-0.1, -0.05) is 0 Å². The molecule has 1 rings (SSSR count). The number of hydrogen-bond acceptors (Lipinski definition) is 10. The van der Waals surface area contributed by atoms with Crippen molar-refractivity contribution in [3.05, 3.63) is 0 Å². The lowest BCUT2D eigenvalue weighted by Gasteiger charge is -2.43. The fourth-order valence-electron chi connectivity index (χ4n) is 2.63. The van der Waals surface area contributed by atoms with Crippen LogP contribution in [0.5, 0.6) is 0 Å². The summed E-state index contributed by atoms with van der Waals surface area (Å²) in [6.07, 6.45) is -5.50. The van der Waals surface area contributed by atoms with E-state index >= 15 is 0 Å². The standard InChI is InChI=1S/C18H28O10/c1-9-14(25-10(2)19)15(26-11(3)20)16(27-12(4)21)17(24-9)23-8-13(22)28-18(5,6)7/h9,14-17H,8H2,1-7H3/t9-,14+,15+,16-,17+/m0/s1. The highest BCUT2D eigenvalue weighted by molar-refractivity contribution is 5.71. The van der Waals surface area contributed by atoms with Gasteiger partial charge in [-0.3, -0.25) is 14.4 Å². The second kappa shape index (κ2) is 9.83. The van der Waals surface area contributed by atoms with Gasteiger partial charge in [0.05, 0.1) is 6.10 Å². The Morgan fingerprint density at radius 3 is 1.75 bits per heavy atom. The molecular weight excluding hydrogens is 376 g/mol. The fraction of sp³-hybridized carbons (Fsp3) is 0.778. The highest BCUT2D eigenvalue weighted by Gasteiger charge is 2.51. The molecule has 10 heteroatoms. The van der Waals surface area contributed by atoms with Crippen molar-refractivity contribution < 1.29 is 47.6 Å². The number of carbonyl (C=O) groups excluding carboxylic acids is 4. The minimum Gasteiger partial charge on any atom is -0.458 e. The summed E-state index contributed by atoms with van der Waals surface area (Å²) >= 11 is 0. The normalized spacial score (nSPS) is 27.5. The van der Waals surface area contributed by atoms with E-state index in [1.54, 1.807) is 27.7 Å². The monoisotopic (exact) mass is 404 g/mol. The quantitative estimate of drug-likeness (QED) is 0.465. The number of rotatable bonds is 6. The Hall–Kier alpha value is -2.20. The van der Waals surface area contributed by atoms with Crippen molar-refractivity contribution >= 4 is 23.9 Å². The van der Waals surface area contributed by atoms with Crippen molar-refractivity contribution in [3.63, 3.8) is 0 Å². The Balaban J connectivity index is 3.03. The maximum atomic E-state index is 11.9. The predicted molar refractivity (Wildman–Crippen MR) is 92.8 cm³/mol. The summed E-state index contributed by atoms with van der Waals surface area (Å²) in [5, 5.41) is 0. The van der Waals surface area contributed by atoms with Crippen LogP contribution in [-0.2, 0) is 47.6 Å². The first-order valence-electron chi connectivity index (χ1n) is 8.80. The molecule has 0 unspecified atom stereocenters. The maximum Gasteiger partial charge on any atom is 0.332 e. The first-order valence-corrected chi connectivity index (χ1v) is 8.80. The molecule has 5 atom stereocenters. The van der Waals surface area contributed by atoms with Gasteiger partial charge >= 0.3 is 23.9 Å². The van der Waals surface area contributed by atoms with E-state index in [1.807, 2.05) is 0 Å². The highest BCUT2D eigenvalue weighted by Crippen LogP contribution is 2.29. The molecule has 28 heavy (non-hydrogen) atoms. The van der Waals surface area contributed by atoms with Crippen molar-refractivity contribution in [3.8, 4) is 0 Å². The zero-order chi connectivity index (χ0) is 21.6. The van der Waals surface area contributed by atoms with Crippen molar-refractivity contribution in [2.75, 3.05) is 6.61 Å². The Morgan fingerprint density at radius 1 is 0.821 bits per heavy atom. The van der Waals surface area contributed by atoms with E-state index in [0.29, 0.717) is 0 Å². The van der Waals surface area contributed by atoms with Crippen LogP contribution in [-0.4, -0.2) is 66.8 Å². The molecule has 0 bridgehead atoms. The summed E-state index contributed by atoms with van der Waals surface area (Å²) in [7, 11) is 0. The van der Waals surface area contributed by atoms with Gasteiger partial charge in [-0.2, -0.15) is 0 Å². The molecule has 1 fully saturated rings. The van der Waals surface area contributed by atoms with Gasteiger partial charge in [0.2, 0.25) is 0 Å². The van der Waals surface area contributed by atoms with Crippen molar-refractivity contribution in [1.29, 1.82) is 0 Å². The van der Waals surface area contributed by atoms with Gasteiger partial charge in [0.25, 0.3) is 0 Å². The van der Waals surface area contributed by atoms with Crippen LogP contribution < -0.4 is 0 Å². The molecule has 0 aromatic rings. The Morgan fingerprint density at radius 2 is 1.29 bits per heavy atom. The summed E-state index contributed by atoms with van der Waals surface area (Å²) in [5.41, 5.74) is -0.711. The number of ether oxygens (including phenoxy) is 6. The molecule has 10 nitrogen and oxygen atoms in total. The van der Waals surface area contributed by atoms with Gasteiger partial charge in [0.1, 0.15) is 12.2 Å². The molecule has 0 aliphatic carbocycles. The van der Waals surface area contributed by atoms with Gasteiger partial charge < -0.3 is 28.4 Å². The second-order valence-electron chi connectivity index (χ2n) is 7.33. The summed E-state index contributed by atoms with van der Waals surface area (Å²) in [6.45, 7) is 9.67.